The van der Waals surface area contributed by atoms with Crippen LogP contribution in [0.1, 0.15) is 30.4 Å². The molecular weight excluding hydrogens is 290 g/mol. The standard InChI is InChI=1S/C19H21NO3/c1-3-16(19(22)23-2)20-18(21)17(14-10-6-4-7-11-14)15-12-8-5-9-13-15/h4-13,16-17H,3H2,1-2H3,(H,20,21). The average molecular weight is 311 g/mol. The van der Waals surface area contributed by atoms with Crippen molar-refractivity contribution in [3.8, 4) is 0 Å². The molecule has 0 bridgehead atoms. The Kier molecular flexibility index (Phi) is 5.92. The van der Waals surface area contributed by atoms with Crippen LogP contribution >= 0.6 is 0 Å². The summed E-state index contributed by atoms with van der Waals surface area (Å²) < 4.78 is 4.74. The van der Waals surface area contributed by atoms with Gasteiger partial charge in [0.1, 0.15) is 6.04 Å². The molecule has 0 saturated heterocycles. The van der Waals surface area contributed by atoms with Gasteiger partial charge >= 0.3 is 5.97 Å². The summed E-state index contributed by atoms with van der Waals surface area (Å²) in [5, 5.41) is 2.80. The van der Waals surface area contributed by atoms with Gasteiger partial charge in [0, 0.05) is 0 Å². The number of amides is 1. The number of carbonyl (C=O) groups is 2. The highest BCUT2D eigenvalue weighted by atomic mass is 16.5. The summed E-state index contributed by atoms with van der Waals surface area (Å²) in [6.45, 7) is 1.84. The number of ether oxygens (including phenoxy) is 1. The van der Waals surface area contributed by atoms with Crippen LogP contribution in [0.3, 0.4) is 0 Å². The lowest BCUT2D eigenvalue weighted by atomic mass is 9.90. The molecule has 4 heteroatoms. The van der Waals surface area contributed by atoms with E-state index in [9.17, 15) is 9.59 Å². The number of methoxy groups -OCH3 is 1. The van der Waals surface area contributed by atoms with Gasteiger partial charge in [-0.1, -0.05) is 67.6 Å². The van der Waals surface area contributed by atoms with Crippen molar-refractivity contribution in [2.75, 3.05) is 7.11 Å². The number of esters is 1. The fraction of sp³-hybridized carbons (Fsp3) is 0.263. The highest BCUT2D eigenvalue weighted by Gasteiger charge is 2.27. The van der Waals surface area contributed by atoms with Crippen molar-refractivity contribution in [2.24, 2.45) is 0 Å². The molecule has 0 saturated carbocycles. The molecule has 0 aliphatic heterocycles. The summed E-state index contributed by atoms with van der Waals surface area (Å²) >= 11 is 0. The Morgan fingerprint density at radius 2 is 1.43 bits per heavy atom. The molecule has 1 amide bonds. The molecule has 23 heavy (non-hydrogen) atoms. The van der Waals surface area contributed by atoms with Gasteiger partial charge in [-0.3, -0.25) is 4.79 Å². The van der Waals surface area contributed by atoms with Crippen molar-refractivity contribution in [3.63, 3.8) is 0 Å². The number of hydrogen-bond acceptors (Lipinski definition) is 3. The summed E-state index contributed by atoms with van der Waals surface area (Å²) in [7, 11) is 1.32. The normalized spacial score (nSPS) is 11.8. The Labute approximate surface area is 136 Å². The van der Waals surface area contributed by atoms with E-state index in [0.717, 1.165) is 11.1 Å². The second kappa shape index (κ2) is 8.13. The zero-order valence-corrected chi connectivity index (χ0v) is 13.4. The van der Waals surface area contributed by atoms with Crippen LogP contribution in [-0.4, -0.2) is 25.0 Å². The molecule has 2 rings (SSSR count). The van der Waals surface area contributed by atoms with Gasteiger partial charge in [-0.25, -0.2) is 4.79 Å². The van der Waals surface area contributed by atoms with Crippen LogP contribution in [0.15, 0.2) is 60.7 Å². The summed E-state index contributed by atoms with van der Waals surface area (Å²) in [4.78, 5) is 24.6. The zero-order valence-electron chi connectivity index (χ0n) is 13.4. The van der Waals surface area contributed by atoms with Gasteiger partial charge in [0.2, 0.25) is 5.91 Å². The van der Waals surface area contributed by atoms with Gasteiger partial charge in [0.15, 0.2) is 0 Å². The van der Waals surface area contributed by atoms with Gasteiger partial charge in [-0.15, -0.1) is 0 Å². The summed E-state index contributed by atoms with van der Waals surface area (Å²) in [6, 6.07) is 18.4. The van der Waals surface area contributed by atoms with E-state index in [1.807, 2.05) is 67.6 Å². The maximum atomic E-state index is 12.8. The minimum Gasteiger partial charge on any atom is -0.467 e. The Morgan fingerprint density at radius 1 is 0.957 bits per heavy atom. The largest absolute Gasteiger partial charge is 0.467 e. The smallest absolute Gasteiger partial charge is 0.328 e. The van der Waals surface area contributed by atoms with E-state index in [1.54, 1.807) is 0 Å². The molecule has 0 aliphatic carbocycles. The van der Waals surface area contributed by atoms with Crippen molar-refractivity contribution in [2.45, 2.75) is 25.3 Å². The first-order chi connectivity index (χ1) is 11.2. The number of benzene rings is 2. The van der Waals surface area contributed by atoms with Crippen LogP contribution < -0.4 is 5.32 Å². The van der Waals surface area contributed by atoms with Crippen LogP contribution in [0.25, 0.3) is 0 Å². The molecule has 0 aliphatic rings. The van der Waals surface area contributed by atoms with E-state index in [0.29, 0.717) is 6.42 Å². The third-order valence-corrected chi connectivity index (χ3v) is 3.74. The van der Waals surface area contributed by atoms with Crippen LogP contribution in [-0.2, 0) is 14.3 Å². The van der Waals surface area contributed by atoms with E-state index >= 15 is 0 Å². The molecule has 0 aromatic heterocycles. The van der Waals surface area contributed by atoms with E-state index in [4.69, 9.17) is 4.74 Å². The molecule has 0 fully saturated rings. The number of carbonyl (C=O) groups excluding carboxylic acids is 2. The van der Waals surface area contributed by atoms with Crippen LogP contribution in [0, 0.1) is 0 Å². The molecule has 4 nitrogen and oxygen atoms in total. The lowest BCUT2D eigenvalue weighted by Gasteiger charge is -2.21. The second-order valence-corrected chi connectivity index (χ2v) is 5.25. The number of hydrogen-bond donors (Lipinski definition) is 1. The molecule has 0 radical (unpaired) electrons. The van der Waals surface area contributed by atoms with Gasteiger partial charge in [0.25, 0.3) is 0 Å². The lowest BCUT2D eigenvalue weighted by Crippen LogP contribution is -2.43. The fourth-order valence-corrected chi connectivity index (χ4v) is 2.51. The molecule has 0 heterocycles. The highest BCUT2D eigenvalue weighted by molar-refractivity contribution is 5.90. The first-order valence-corrected chi connectivity index (χ1v) is 7.65. The third-order valence-electron chi connectivity index (χ3n) is 3.74. The fourth-order valence-electron chi connectivity index (χ4n) is 2.51. The Balaban J connectivity index is 2.31. The molecular formula is C19H21NO3. The minimum atomic E-state index is -0.637. The second-order valence-electron chi connectivity index (χ2n) is 5.25. The van der Waals surface area contributed by atoms with E-state index in [-0.39, 0.29) is 5.91 Å². The molecule has 1 atom stereocenters. The predicted octanol–water partition coefficient (Wildman–Crippen LogP) is 2.89. The van der Waals surface area contributed by atoms with Crippen LogP contribution in [0.2, 0.25) is 0 Å². The molecule has 2 aromatic rings. The quantitative estimate of drug-likeness (QED) is 0.835. The SMILES string of the molecule is CCC(NC(=O)C(c1ccccc1)c1ccccc1)C(=O)OC. The maximum Gasteiger partial charge on any atom is 0.328 e. The predicted molar refractivity (Wildman–Crippen MR) is 89.0 cm³/mol. The topological polar surface area (TPSA) is 55.4 Å². The third kappa shape index (κ3) is 4.19. The first-order valence-electron chi connectivity index (χ1n) is 7.65. The Morgan fingerprint density at radius 3 is 1.83 bits per heavy atom. The molecule has 1 N–H and O–H groups in total. The average Bonchev–Trinajstić information content (AvgIpc) is 2.61. The van der Waals surface area contributed by atoms with Crippen molar-refractivity contribution < 1.29 is 14.3 Å². The minimum absolute atomic E-state index is 0.209. The van der Waals surface area contributed by atoms with Crippen molar-refractivity contribution in [1.29, 1.82) is 0 Å². The summed E-state index contributed by atoms with van der Waals surface area (Å²) in [5.74, 6) is -1.10. The van der Waals surface area contributed by atoms with E-state index in [2.05, 4.69) is 5.32 Å². The molecule has 1 unspecified atom stereocenters. The first kappa shape index (κ1) is 16.7. The summed E-state index contributed by atoms with van der Waals surface area (Å²) in [5.41, 5.74) is 1.77. The number of rotatable bonds is 6. The zero-order chi connectivity index (χ0) is 16.7. The molecule has 120 valence electrons. The number of nitrogens with one attached hydrogen (secondary N) is 1. The Bertz CT molecular complexity index is 601. The van der Waals surface area contributed by atoms with E-state index in [1.165, 1.54) is 7.11 Å². The summed E-state index contributed by atoms with van der Waals surface area (Å²) in [6.07, 6.45) is 0.481. The monoisotopic (exact) mass is 311 g/mol. The van der Waals surface area contributed by atoms with Gasteiger partial charge in [-0.2, -0.15) is 0 Å². The molecule has 0 spiro atoms. The maximum absolute atomic E-state index is 12.8. The highest BCUT2D eigenvalue weighted by Crippen LogP contribution is 2.25. The molecule has 2 aromatic carbocycles. The van der Waals surface area contributed by atoms with Gasteiger partial charge in [0.05, 0.1) is 13.0 Å². The van der Waals surface area contributed by atoms with E-state index < -0.39 is 17.9 Å². The van der Waals surface area contributed by atoms with Crippen LogP contribution in [0.4, 0.5) is 0 Å². The van der Waals surface area contributed by atoms with Crippen molar-refractivity contribution in [3.05, 3.63) is 71.8 Å². The lowest BCUT2D eigenvalue weighted by molar-refractivity contribution is -0.145. The van der Waals surface area contributed by atoms with Crippen molar-refractivity contribution in [1.82, 2.24) is 5.32 Å². The van der Waals surface area contributed by atoms with Crippen LogP contribution in [0.5, 0.6) is 0 Å². The Hall–Kier alpha value is -2.62. The van der Waals surface area contributed by atoms with Crippen molar-refractivity contribution >= 4 is 11.9 Å². The van der Waals surface area contributed by atoms with Gasteiger partial charge < -0.3 is 10.1 Å². The van der Waals surface area contributed by atoms with Gasteiger partial charge in [-0.05, 0) is 17.5 Å².